The number of aromatic nitrogens is 4. The second-order valence-corrected chi connectivity index (χ2v) is 3.37. The maximum atomic E-state index is 12.2. The largest absolute Gasteiger partial charge is 0.340 e. The number of aryl methyl sites for hydroxylation is 1. The number of nitrogens with one attached hydrogen (secondary N) is 1. The summed E-state index contributed by atoms with van der Waals surface area (Å²) < 4.78 is 26.5. The zero-order valence-corrected chi connectivity index (χ0v) is 8.84. The van der Waals surface area contributed by atoms with Crippen LogP contribution < -0.4 is 5.32 Å². The normalized spacial score (nSPS) is 10.8. The van der Waals surface area contributed by atoms with E-state index in [1.54, 1.807) is 11.6 Å². The Labute approximate surface area is 94.9 Å². The fourth-order valence-electron chi connectivity index (χ4n) is 1.23. The van der Waals surface area contributed by atoms with Crippen LogP contribution in [-0.2, 0) is 7.05 Å². The molecule has 0 aliphatic carbocycles. The van der Waals surface area contributed by atoms with Crippen molar-refractivity contribution in [3.8, 4) is 0 Å². The van der Waals surface area contributed by atoms with Gasteiger partial charge in [0.05, 0.1) is 24.4 Å². The first-order chi connectivity index (χ1) is 8.06. The zero-order chi connectivity index (χ0) is 12.4. The van der Waals surface area contributed by atoms with Gasteiger partial charge in [-0.1, -0.05) is 0 Å². The van der Waals surface area contributed by atoms with Gasteiger partial charge in [-0.3, -0.25) is 4.79 Å². The number of hydrogen-bond acceptors (Lipinski definition) is 3. The molecule has 2 heterocycles. The van der Waals surface area contributed by atoms with Crippen LogP contribution in [0.25, 0.3) is 0 Å². The summed E-state index contributed by atoms with van der Waals surface area (Å²) >= 11 is 0. The van der Waals surface area contributed by atoms with Crippen LogP contribution in [0.5, 0.6) is 0 Å². The lowest BCUT2D eigenvalue weighted by molar-refractivity contribution is 0.0566. The summed E-state index contributed by atoms with van der Waals surface area (Å²) in [6, 6.07) is 0. The van der Waals surface area contributed by atoms with Crippen LogP contribution in [-0.4, -0.2) is 25.2 Å². The molecule has 1 amide bonds. The minimum Gasteiger partial charge on any atom is -0.340 e. The molecule has 0 spiro atoms. The van der Waals surface area contributed by atoms with Crippen LogP contribution in [0.3, 0.4) is 0 Å². The lowest BCUT2D eigenvalue weighted by Gasteiger charge is -1.98. The topological polar surface area (TPSA) is 64.7 Å². The van der Waals surface area contributed by atoms with Gasteiger partial charge in [-0.25, -0.2) is 9.67 Å². The predicted molar refractivity (Wildman–Crippen MR) is 54.6 cm³/mol. The minimum atomic E-state index is -2.73. The smallest absolute Gasteiger partial charge is 0.333 e. The Bertz CT molecular complexity index is 533. The molecule has 0 radical (unpaired) electrons. The lowest BCUT2D eigenvalue weighted by Crippen LogP contribution is -2.11. The first-order valence-corrected chi connectivity index (χ1v) is 4.68. The van der Waals surface area contributed by atoms with Gasteiger partial charge in [-0.15, -0.1) is 0 Å². The Morgan fingerprint density at radius 2 is 2.24 bits per heavy atom. The number of carbonyl (C=O) groups excluding carboxylic acids is 1. The van der Waals surface area contributed by atoms with Crippen molar-refractivity contribution in [1.82, 2.24) is 19.3 Å². The number of anilines is 1. The summed E-state index contributed by atoms with van der Waals surface area (Å²) in [5.74, 6) is -0.473. The van der Waals surface area contributed by atoms with E-state index in [4.69, 9.17) is 0 Å². The van der Waals surface area contributed by atoms with Gasteiger partial charge in [-0.2, -0.15) is 13.9 Å². The summed E-state index contributed by atoms with van der Waals surface area (Å²) in [6.07, 6.45) is 5.18. The van der Waals surface area contributed by atoms with Crippen molar-refractivity contribution in [2.45, 2.75) is 6.55 Å². The van der Waals surface area contributed by atoms with E-state index in [9.17, 15) is 13.6 Å². The molecule has 0 aromatic carbocycles. The zero-order valence-electron chi connectivity index (χ0n) is 8.84. The van der Waals surface area contributed by atoms with Crippen molar-refractivity contribution < 1.29 is 13.6 Å². The van der Waals surface area contributed by atoms with E-state index in [1.165, 1.54) is 12.5 Å². The van der Waals surface area contributed by atoms with E-state index >= 15 is 0 Å². The van der Waals surface area contributed by atoms with Gasteiger partial charge in [0.15, 0.2) is 0 Å². The van der Waals surface area contributed by atoms with E-state index < -0.39 is 12.5 Å². The Kier molecular flexibility index (Phi) is 2.86. The highest BCUT2D eigenvalue weighted by Gasteiger charge is 2.12. The molecule has 0 saturated carbocycles. The summed E-state index contributed by atoms with van der Waals surface area (Å²) in [5.41, 5.74) is 0.401. The number of rotatable bonds is 3. The molecule has 0 aliphatic rings. The number of amides is 1. The molecule has 2 aromatic rings. The molecular formula is C9H9F2N5O. The highest BCUT2D eigenvalue weighted by Crippen LogP contribution is 2.13. The van der Waals surface area contributed by atoms with Crippen molar-refractivity contribution in [1.29, 1.82) is 0 Å². The van der Waals surface area contributed by atoms with Crippen LogP contribution in [0.1, 0.15) is 17.0 Å². The average Bonchev–Trinajstić information content (AvgIpc) is 2.86. The van der Waals surface area contributed by atoms with Crippen LogP contribution in [0.15, 0.2) is 24.9 Å². The molecule has 1 N–H and O–H groups in total. The summed E-state index contributed by atoms with van der Waals surface area (Å²) in [4.78, 5) is 15.4. The number of alkyl halides is 2. The molecule has 0 saturated heterocycles. The molecule has 90 valence electrons. The van der Waals surface area contributed by atoms with Gasteiger partial charge in [0.25, 0.3) is 5.91 Å². The van der Waals surface area contributed by atoms with Crippen molar-refractivity contribution in [2.24, 2.45) is 7.05 Å². The standard InChI is InChI=1S/C9H9F2N5O/c1-15-4-7(12-5-15)8(17)14-6-2-13-16(3-6)9(10)11/h2-5,9H,1H3,(H,14,17). The highest BCUT2D eigenvalue weighted by atomic mass is 19.3. The van der Waals surface area contributed by atoms with Gasteiger partial charge >= 0.3 is 6.55 Å². The maximum Gasteiger partial charge on any atom is 0.333 e. The second kappa shape index (κ2) is 4.32. The van der Waals surface area contributed by atoms with E-state index in [-0.39, 0.29) is 11.4 Å². The summed E-state index contributed by atoms with van der Waals surface area (Å²) in [5, 5.41) is 5.81. The fourth-order valence-corrected chi connectivity index (χ4v) is 1.23. The Balaban J connectivity index is 2.07. The van der Waals surface area contributed by atoms with Crippen LogP contribution in [0.2, 0.25) is 0 Å². The van der Waals surface area contributed by atoms with Gasteiger partial charge in [-0.05, 0) is 0 Å². The number of nitrogens with zero attached hydrogens (tertiary/aromatic N) is 4. The third-order valence-corrected chi connectivity index (χ3v) is 2.00. The van der Waals surface area contributed by atoms with Gasteiger partial charge in [0.1, 0.15) is 5.69 Å². The first-order valence-electron chi connectivity index (χ1n) is 4.68. The van der Waals surface area contributed by atoms with E-state index in [2.05, 4.69) is 15.4 Å². The summed E-state index contributed by atoms with van der Waals surface area (Å²) in [7, 11) is 1.72. The van der Waals surface area contributed by atoms with Crippen LogP contribution in [0, 0.1) is 0 Å². The van der Waals surface area contributed by atoms with Crippen LogP contribution in [0.4, 0.5) is 14.5 Å². The average molecular weight is 241 g/mol. The Morgan fingerprint density at radius 1 is 1.47 bits per heavy atom. The van der Waals surface area contributed by atoms with Gasteiger partial charge < -0.3 is 9.88 Å². The number of imidazole rings is 1. The molecule has 2 aromatic heterocycles. The van der Waals surface area contributed by atoms with E-state index in [0.29, 0.717) is 4.68 Å². The van der Waals surface area contributed by atoms with Crippen LogP contribution >= 0.6 is 0 Å². The fraction of sp³-hybridized carbons (Fsp3) is 0.222. The molecule has 0 bridgehead atoms. The lowest BCUT2D eigenvalue weighted by atomic mass is 10.4. The molecule has 2 rings (SSSR count). The third kappa shape index (κ3) is 2.47. The third-order valence-electron chi connectivity index (χ3n) is 2.00. The number of hydrogen-bond donors (Lipinski definition) is 1. The molecule has 0 unspecified atom stereocenters. The maximum absolute atomic E-state index is 12.2. The van der Waals surface area contributed by atoms with Crippen molar-refractivity contribution in [3.63, 3.8) is 0 Å². The highest BCUT2D eigenvalue weighted by molar-refractivity contribution is 6.02. The molecule has 8 heteroatoms. The molecule has 0 aliphatic heterocycles. The summed E-state index contributed by atoms with van der Waals surface area (Å²) in [6.45, 7) is -2.73. The van der Waals surface area contributed by atoms with E-state index in [1.807, 2.05) is 0 Å². The number of halogens is 2. The predicted octanol–water partition coefficient (Wildman–Crippen LogP) is 1.26. The van der Waals surface area contributed by atoms with Crippen molar-refractivity contribution >= 4 is 11.6 Å². The quantitative estimate of drug-likeness (QED) is 0.879. The Morgan fingerprint density at radius 3 is 2.76 bits per heavy atom. The minimum absolute atomic E-state index is 0.195. The Hall–Kier alpha value is -2.25. The SMILES string of the molecule is Cn1cnc(C(=O)Nc2cnn(C(F)F)c2)c1. The molecular weight excluding hydrogens is 232 g/mol. The molecule has 0 atom stereocenters. The van der Waals surface area contributed by atoms with E-state index in [0.717, 1.165) is 12.4 Å². The van der Waals surface area contributed by atoms with Gasteiger partial charge in [0.2, 0.25) is 0 Å². The molecule has 0 fully saturated rings. The van der Waals surface area contributed by atoms with Crippen molar-refractivity contribution in [3.05, 3.63) is 30.6 Å². The van der Waals surface area contributed by atoms with Gasteiger partial charge in [0, 0.05) is 13.2 Å². The van der Waals surface area contributed by atoms with Crippen molar-refractivity contribution in [2.75, 3.05) is 5.32 Å². The first kappa shape index (κ1) is 11.2. The number of carbonyl (C=O) groups is 1. The monoisotopic (exact) mass is 241 g/mol. The molecule has 6 nitrogen and oxygen atoms in total. The molecule has 17 heavy (non-hydrogen) atoms. The second-order valence-electron chi connectivity index (χ2n) is 3.37.